The van der Waals surface area contributed by atoms with Gasteiger partial charge < -0.3 is 16.2 Å². The summed E-state index contributed by atoms with van der Waals surface area (Å²) in [5.41, 5.74) is 6.12. The maximum atomic E-state index is 13.6. The Morgan fingerprint density at radius 2 is 1.86 bits per heavy atom. The third kappa shape index (κ3) is 2.76. The Labute approximate surface area is 118 Å². The van der Waals surface area contributed by atoms with Gasteiger partial charge in [-0.3, -0.25) is 4.79 Å². The van der Waals surface area contributed by atoms with Crippen LogP contribution in [0.15, 0.2) is 24.3 Å². The smallest absolute Gasteiger partial charge is 0.258 e. The number of rotatable bonds is 2. The molecule has 0 fully saturated rings. The van der Waals surface area contributed by atoms with Gasteiger partial charge in [-0.1, -0.05) is 6.07 Å². The molecule has 2 rings (SSSR count). The minimum Gasteiger partial charge on any atom is -0.503 e. The van der Waals surface area contributed by atoms with Crippen molar-refractivity contribution in [3.63, 3.8) is 0 Å². The van der Waals surface area contributed by atoms with Crippen LogP contribution in [-0.4, -0.2) is 11.0 Å². The van der Waals surface area contributed by atoms with Crippen LogP contribution in [0.5, 0.6) is 5.75 Å². The third-order valence-electron chi connectivity index (χ3n) is 2.83. The molecule has 0 saturated carbocycles. The van der Waals surface area contributed by atoms with E-state index in [4.69, 9.17) is 10.8 Å². The molecule has 0 aliphatic carbocycles. The van der Waals surface area contributed by atoms with Crippen LogP contribution in [0.2, 0.25) is 0 Å². The van der Waals surface area contributed by atoms with Crippen LogP contribution in [0.25, 0.3) is 0 Å². The van der Waals surface area contributed by atoms with E-state index in [-0.39, 0.29) is 11.4 Å². The first-order valence-corrected chi connectivity index (χ1v) is 5.85. The van der Waals surface area contributed by atoms with E-state index >= 15 is 0 Å². The standard InChI is InChI=1S/C14H11F3N2O2/c1-6-2-3-10(9(18)4-6)19-14(21)7-5-8(15)12(17)13(20)11(7)16/h2-5,20H,18H2,1H3,(H,19,21). The molecule has 4 N–H and O–H groups in total. The second-order valence-corrected chi connectivity index (χ2v) is 4.43. The quantitative estimate of drug-likeness (QED) is 0.589. The number of halogens is 3. The van der Waals surface area contributed by atoms with E-state index in [9.17, 15) is 18.0 Å². The topological polar surface area (TPSA) is 75.3 Å². The summed E-state index contributed by atoms with van der Waals surface area (Å²) in [6.45, 7) is 1.79. The lowest BCUT2D eigenvalue weighted by Crippen LogP contribution is -2.16. The molecule has 4 nitrogen and oxygen atoms in total. The fourth-order valence-corrected chi connectivity index (χ4v) is 1.74. The molecule has 0 spiro atoms. The number of nitrogen functional groups attached to an aromatic ring is 1. The van der Waals surface area contributed by atoms with Crippen molar-refractivity contribution < 1.29 is 23.1 Å². The summed E-state index contributed by atoms with van der Waals surface area (Å²) in [5, 5.41) is 11.3. The molecule has 7 heteroatoms. The van der Waals surface area contributed by atoms with Crippen LogP contribution >= 0.6 is 0 Å². The second-order valence-electron chi connectivity index (χ2n) is 4.43. The van der Waals surface area contributed by atoms with Crippen molar-refractivity contribution in [1.82, 2.24) is 0 Å². The highest BCUT2D eigenvalue weighted by Crippen LogP contribution is 2.27. The Kier molecular flexibility index (Phi) is 3.75. The number of hydrogen-bond acceptors (Lipinski definition) is 3. The van der Waals surface area contributed by atoms with Crippen molar-refractivity contribution in [1.29, 1.82) is 0 Å². The first-order valence-electron chi connectivity index (χ1n) is 5.85. The number of amides is 1. The van der Waals surface area contributed by atoms with Gasteiger partial charge in [0.1, 0.15) is 0 Å². The van der Waals surface area contributed by atoms with Gasteiger partial charge >= 0.3 is 0 Å². The summed E-state index contributed by atoms with van der Waals surface area (Å²) in [5.74, 6) is -7.43. The van der Waals surface area contributed by atoms with Crippen LogP contribution < -0.4 is 11.1 Å². The predicted molar refractivity (Wildman–Crippen MR) is 71.5 cm³/mol. The molecule has 110 valence electrons. The first-order chi connectivity index (χ1) is 9.81. The summed E-state index contributed by atoms with van der Waals surface area (Å²) < 4.78 is 39.7. The Bertz CT molecular complexity index is 733. The molecule has 0 aliphatic rings. The first kappa shape index (κ1) is 14.7. The molecular formula is C14H11F3N2O2. The molecule has 0 aromatic heterocycles. The van der Waals surface area contributed by atoms with Gasteiger partial charge in [-0.15, -0.1) is 0 Å². The molecular weight excluding hydrogens is 285 g/mol. The van der Waals surface area contributed by atoms with Gasteiger partial charge in [0.25, 0.3) is 5.91 Å². The Hall–Kier alpha value is -2.70. The molecule has 0 heterocycles. The minimum absolute atomic E-state index is 0.189. The zero-order valence-corrected chi connectivity index (χ0v) is 10.9. The lowest BCUT2D eigenvalue weighted by molar-refractivity contribution is 0.102. The van der Waals surface area contributed by atoms with E-state index in [1.54, 1.807) is 19.1 Å². The number of aromatic hydroxyl groups is 1. The monoisotopic (exact) mass is 296 g/mol. The highest BCUT2D eigenvalue weighted by molar-refractivity contribution is 6.06. The highest BCUT2D eigenvalue weighted by atomic mass is 19.2. The van der Waals surface area contributed by atoms with Gasteiger partial charge in [0.2, 0.25) is 5.82 Å². The van der Waals surface area contributed by atoms with Gasteiger partial charge in [0.15, 0.2) is 17.4 Å². The molecule has 2 aromatic carbocycles. The van der Waals surface area contributed by atoms with Crippen molar-refractivity contribution in [2.24, 2.45) is 0 Å². The van der Waals surface area contributed by atoms with Gasteiger partial charge in [-0.25, -0.2) is 8.78 Å². The SMILES string of the molecule is Cc1ccc(NC(=O)c2cc(F)c(F)c(O)c2F)c(N)c1. The lowest BCUT2D eigenvalue weighted by Gasteiger charge is -2.10. The number of benzene rings is 2. The number of nitrogens with two attached hydrogens (primary N) is 1. The molecule has 21 heavy (non-hydrogen) atoms. The molecule has 0 bridgehead atoms. The summed E-state index contributed by atoms with van der Waals surface area (Å²) in [6, 6.07) is 5.09. The van der Waals surface area contributed by atoms with Crippen LogP contribution in [-0.2, 0) is 0 Å². The lowest BCUT2D eigenvalue weighted by atomic mass is 10.1. The van der Waals surface area contributed by atoms with Gasteiger partial charge in [0, 0.05) is 0 Å². The summed E-state index contributed by atoms with van der Waals surface area (Å²) >= 11 is 0. The predicted octanol–water partition coefficient (Wildman–Crippen LogP) is 2.95. The molecule has 0 aliphatic heterocycles. The van der Waals surface area contributed by atoms with Gasteiger partial charge in [0.05, 0.1) is 16.9 Å². The average Bonchev–Trinajstić information content (AvgIpc) is 2.43. The highest BCUT2D eigenvalue weighted by Gasteiger charge is 2.22. The van der Waals surface area contributed by atoms with E-state index < -0.39 is 34.7 Å². The molecule has 1 amide bonds. The molecule has 0 saturated heterocycles. The maximum Gasteiger partial charge on any atom is 0.258 e. The van der Waals surface area contributed by atoms with Crippen LogP contribution in [0.4, 0.5) is 24.5 Å². The van der Waals surface area contributed by atoms with Crippen molar-refractivity contribution in [3.05, 3.63) is 52.8 Å². The molecule has 2 aromatic rings. The van der Waals surface area contributed by atoms with E-state index in [2.05, 4.69) is 5.32 Å². The van der Waals surface area contributed by atoms with E-state index in [0.717, 1.165) is 5.56 Å². The Morgan fingerprint density at radius 3 is 2.48 bits per heavy atom. The Balaban J connectivity index is 2.37. The second kappa shape index (κ2) is 5.35. The van der Waals surface area contributed by atoms with E-state index in [1.807, 2.05) is 0 Å². The number of phenols is 1. The number of hydrogen-bond donors (Lipinski definition) is 3. The fourth-order valence-electron chi connectivity index (χ4n) is 1.74. The number of carbonyl (C=O) groups is 1. The third-order valence-corrected chi connectivity index (χ3v) is 2.83. The van der Waals surface area contributed by atoms with E-state index in [1.165, 1.54) is 6.07 Å². The van der Waals surface area contributed by atoms with Crippen LogP contribution in [0.1, 0.15) is 15.9 Å². The number of phenolic OH excluding ortho intramolecular Hbond substituents is 1. The summed E-state index contributed by atoms with van der Waals surface area (Å²) in [7, 11) is 0. The Morgan fingerprint density at radius 1 is 1.19 bits per heavy atom. The normalized spacial score (nSPS) is 10.5. The number of nitrogens with one attached hydrogen (secondary N) is 1. The number of aryl methyl sites for hydroxylation is 1. The molecule has 0 radical (unpaired) electrons. The van der Waals surface area contributed by atoms with Gasteiger partial charge in [-0.2, -0.15) is 4.39 Å². The number of anilines is 2. The zero-order chi connectivity index (χ0) is 15.7. The summed E-state index contributed by atoms with van der Waals surface area (Å²) in [4.78, 5) is 11.9. The fraction of sp³-hybridized carbons (Fsp3) is 0.0714. The van der Waals surface area contributed by atoms with Crippen molar-refractivity contribution in [2.75, 3.05) is 11.1 Å². The zero-order valence-electron chi connectivity index (χ0n) is 10.9. The largest absolute Gasteiger partial charge is 0.503 e. The maximum absolute atomic E-state index is 13.6. The van der Waals surface area contributed by atoms with Crippen LogP contribution in [0, 0.1) is 24.4 Å². The van der Waals surface area contributed by atoms with Crippen molar-refractivity contribution in [3.8, 4) is 5.75 Å². The molecule has 0 atom stereocenters. The molecule has 0 unspecified atom stereocenters. The van der Waals surface area contributed by atoms with Crippen molar-refractivity contribution in [2.45, 2.75) is 6.92 Å². The van der Waals surface area contributed by atoms with Crippen LogP contribution in [0.3, 0.4) is 0 Å². The average molecular weight is 296 g/mol. The van der Waals surface area contributed by atoms with E-state index in [0.29, 0.717) is 6.07 Å². The minimum atomic E-state index is -1.75. The number of carbonyl (C=O) groups excluding carboxylic acids is 1. The summed E-state index contributed by atoms with van der Waals surface area (Å²) in [6.07, 6.45) is 0. The van der Waals surface area contributed by atoms with Crippen molar-refractivity contribution >= 4 is 17.3 Å². The van der Waals surface area contributed by atoms with Gasteiger partial charge in [-0.05, 0) is 30.7 Å².